The van der Waals surface area contributed by atoms with Crippen LogP contribution in [-0.2, 0) is 18.8 Å². The van der Waals surface area contributed by atoms with Gasteiger partial charge in [0.2, 0.25) is 0 Å². The zero-order valence-electron chi connectivity index (χ0n) is 12.7. The van der Waals surface area contributed by atoms with Crippen LogP contribution in [0.4, 0.5) is 8.78 Å². The van der Waals surface area contributed by atoms with E-state index in [-0.39, 0.29) is 5.75 Å². The summed E-state index contributed by atoms with van der Waals surface area (Å²) in [5.74, 6) is 0.239. The molecule has 0 fully saturated rings. The fourth-order valence-corrected chi connectivity index (χ4v) is 3.07. The number of halogens is 3. The molecule has 24 heavy (non-hydrogen) atoms. The van der Waals surface area contributed by atoms with Gasteiger partial charge in [0.25, 0.3) is 5.76 Å². The van der Waals surface area contributed by atoms with Gasteiger partial charge in [0.15, 0.2) is 11.5 Å². The van der Waals surface area contributed by atoms with Gasteiger partial charge in [-0.05, 0) is 29.8 Å². The number of benzene rings is 1. The largest absolute Gasteiger partial charge is 0.486 e. The van der Waals surface area contributed by atoms with Crippen LogP contribution in [0.15, 0.2) is 28.7 Å². The molecule has 1 aliphatic rings. The molecule has 0 atom stereocenters. The Kier molecular flexibility index (Phi) is 5.86. The zero-order chi connectivity index (χ0) is 16.9. The first kappa shape index (κ1) is 17.4. The Hall–Kier alpha value is -1.44. The van der Waals surface area contributed by atoms with Crippen LogP contribution < -0.4 is 14.8 Å². The highest BCUT2D eigenvalue weighted by molar-refractivity contribution is 7.98. The van der Waals surface area contributed by atoms with Crippen LogP contribution in [0.5, 0.6) is 11.5 Å². The van der Waals surface area contributed by atoms with E-state index in [2.05, 4.69) is 5.32 Å². The van der Waals surface area contributed by atoms with Gasteiger partial charge in [0.05, 0.1) is 17.3 Å². The molecule has 1 aromatic heterocycles. The molecule has 130 valence electrons. The number of alkyl halides is 2. The van der Waals surface area contributed by atoms with Crippen LogP contribution >= 0.6 is 23.4 Å². The molecule has 4 nitrogen and oxygen atoms in total. The summed E-state index contributed by atoms with van der Waals surface area (Å²) in [6.45, 7) is 2.06. The van der Waals surface area contributed by atoms with Crippen molar-refractivity contribution >= 4 is 23.4 Å². The summed E-state index contributed by atoms with van der Waals surface area (Å²) in [5.41, 5.74) is 0.962. The second kappa shape index (κ2) is 8.09. The van der Waals surface area contributed by atoms with Gasteiger partial charge in [0, 0.05) is 6.54 Å². The van der Waals surface area contributed by atoms with E-state index in [0.29, 0.717) is 66.1 Å². The fourth-order valence-electron chi connectivity index (χ4n) is 2.34. The average Bonchev–Trinajstić information content (AvgIpc) is 3.01. The topological polar surface area (TPSA) is 43.6 Å². The SMILES string of the molecule is FC(F)SCc1ccc(CNCc2cc(Cl)c3c(c2)OCCO3)o1. The van der Waals surface area contributed by atoms with E-state index in [1.807, 2.05) is 12.1 Å². The molecular formula is C16H16ClF2NO3S. The van der Waals surface area contributed by atoms with Gasteiger partial charge in [-0.15, -0.1) is 0 Å². The molecule has 0 saturated carbocycles. The van der Waals surface area contributed by atoms with Crippen LogP contribution in [0.1, 0.15) is 17.1 Å². The minimum Gasteiger partial charge on any atom is -0.486 e. The number of furan rings is 1. The van der Waals surface area contributed by atoms with Crippen molar-refractivity contribution in [3.8, 4) is 11.5 Å². The maximum atomic E-state index is 12.1. The van der Waals surface area contributed by atoms with Crippen LogP contribution in [-0.4, -0.2) is 19.0 Å². The smallest absolute Gasteiger partial charge is 0.284 e. The van der Waals surface area contributed by atoms with Crippen molar-refractivity contribution in [1.29, 1.82) is 0 Å². The molecule has 0 unspecified atom stereocenters. The first-order chi connectivity index (χ1) is 11.6. The van der Waals surface area contributed by atoms with Crippen molar-refractivity contribution in [2.45, 2.75) is 24.6 Å². The molecule has 1 aliphatic heterocycles. The van der Waals surface area contributed by atoms with Crippen molar-refractivity contribution in [2.75, 3.05) is 13.2 Å². The second-order valence-electron chi connectivity index (χ2n) is 5.15. The third kappa shape index (κ3) is 4.55. The van der Waals surface area contributed by atoms with E-state index in [1.165, 1.54) is 0 Å². The molecule has 1 aromatic carbocycles. The molecule has 0 saturated heterocycles. The first-order valence-electron chi connectivity index (χ1n) is 7.38. The number of hydrogen-bond acceptors (Lipinski definition) is 5. The van der Waals surface area contributed by atoms with Crippen molar-refractivity contribution in [2.24, 2.45) is 0 Å². The maximum Gasteiger partial charge on any atom is 0.284 e. The van der Waals surface area contributed by atoms with E-state index in [4.69, 9.17) is 25.5 Å². The van der Waals surface area contributed by atoms with Gasteiger partial charge < -0.3 is 19.2 Å². The summed E-state index contributed by atoms with van der Waals surface area (Å²) in [6.07, 6.45) is 0. The Morgan fingerprint density at radius 2 is 1.92 bits per heavy atom. The van der Waals surface area contributed by atoms with E-state index in [9.17, 15) is 8.78 Å². The predicted molar refractivity (Wildman–Crippen MR) is 89.0 cm³/mol. The van der Waals surface area contributed by atoms with Gasteiger partial charge >= 0.3 is 0 Å². The fraction of sp³-hybridized carbons (Fsp3) is 0.375. The lowest BCUT2D eigenvalue weighted by Gasteiger charge is -2.20. The van der Waals surface area contributed by atoms with Gasteiger partial charge in [-0.25, -0.2) is 0 Å². The molecular weight excluding hydrogens is 360 g/mol. The van der Waals surface area contributed by atoms with Crippen LogP contribution in [0.3, 0.4) is 0 Å². The summed E-state index contributed by atoms with van der Waals surface area (Å²) >= 11 is 6.74. The van der Waals surface area contributed by atoms with Gasteiger partial charge in [0.1, 0.15) is 24.7 Å². The molecule has 0 bridgehead atoms. The molecule has 8 heteroatoms. The third-order valence-electron chi connectivity index (χ3n) is 3.35. The lowest BCUT2D eigenvalue weighted by molar-refractivity contribution is 0.171. The number of hydrogen-bond donors (Lipinski definition) is 1. The quantitative estimate of drug-likeness (QED) is 0.774. The first-order valence-corrected chi connectivity index (χ1v) is 8.80. The lowest BCUT2D eigenvalue weighted by atomic mass is 10.2. The molecule has 0 aliphatic carbocycles. The lowest BCUT2D eigenvalue weighted by Crippen LogP contribution is -2.17. The summed E-state index contributed by atoms with van der Waals surface area (Å²) in [5, 5.41) is 3.75. The van der Waals surface area contributed by atoms with Crippen LogP contribution in [0.25, 0.3) is 0 Å². The molecule has 2 heterocycles. The highest BCUT2D eigenvalue weighted by atomic mass is 35.5. The molecule has 3 rings (SSSR count). The zero-order valence-corrected chi connectivity index (χ0v) is 14.3. The normalized spacial score (nSPS) is 13.5. The predicted octanol–water partition coefficient (Wildman–Crippen LogP) is 4.45. The Morgan fingerprint density at radius 1 is 1.12 bits per heavy atom. The number of fused-ring (bicyclic) bond motifs is 1. The molecule has 0 spiro atoms. The molecule has 1 N–H and O–H groups in total. The molecule has 2 aromatic rings. The van der Waals surface area contributed by atoms with Gasteiger partial charge in [-0.3, -0.25) is 0 Å². The summed E-state index contributed by atoms with van der Waals surface area (Å²) < 4.78 is 40.8. The van der Waals surface area contributed by atoms with Crippen molar-refractivity contribution < 1.29 is 22.7 Å². The van der Waals surface area contributed by atoms with Crippen molar-refractivity contribution in [1.82, 2.24) is 5.32 Å². The summed E-state index contributed by atoms with van der Waals surface area (Å²) in [6, 6.07) is 7.22. The molecule has 0 radical (unpaired) electrons. The number of ether oxygens (including phenoxy) is 2. The highest BCUT2D eigenvalue weighted by Gasteiger charge is 2.16. The summed E-state index contributed by atoms with van der Waals surface area (Å²) in [4.78, 5) is 0. The Labute approximate surface area is 147 Å². The van der Waals surface area contributed by atoms with E-state index in [1.54, 1.807) is 12.1 Å². The number of nitrogens with one attached hydrogen (secondary N) is 1. The van der Waals surface area contributed by atoms with E-state index >= 15 is 0 Å². The molecule has 0 amide bonds. The second-order valence-corrected chi connectivity index (χ2v) is 6.53. The third-order valence-corrected chi connectivity index (χ3v) is 4.34. The Balaban J connectivity index is 1.52. The monoisotopic (exact) mass is 375 g/mol. The van der Waals surface area contributed by atoms with Gasteiger partial charge in [-0.2, -0.15) is 8.78 Å². The van der Waals surface area contributed by atoms with E-state index < -0.39 is 5.76 Å². The standard InChI is InChI=1S/C16H16ClF2NO3S/c17-13-5-10(6-14-15(13)22-4-3-21-14)7-20-8-11-1-2-12(23-11)9-24-16(18)19/h1-2,5-6,16,20H,3-4,7-9H2. The average molecular weight is 376 g/mol. The minimum absolute atomic E-state index is 0.162. The van der Waals surface area contributed by atoms with Crippen LogP contribution in [0.2, 0.25) is 5.02 Å². The Morgan fingerprint density at radius 3 is 2.75 bits per heavy atom. The number of thioether (sulfide) groups is 1. The van der Waals surface area contributed by atoms with E-state index in [0.717, 1.165) is 5.56 Å². The van der Waals surface area contributed by atoms with Crippen molar-refractivity contribution in [3.63, 3.8) is 0 Å². The maximum absolute atomic E-state index is 12.1. The number of rotatable bonds is 7. The van der Waals surface area contributed by atoms with Crippen molar-refractivity contribution in [3.05, 3.63) is 46.4 Å². The van der Waals surface area contributed by atoms with Crippen LogP contribution in [0, 0.1) is 0 Å². The highest BCUT2D eigenvalue weighted by Crippen LogP contribution is 2.38. The minimum atomic E-state index is -2.39. The van der Waals surface area contributed by atoms with Gasteiger partial charge in [-0.1, -0.05) is 23.4 Å². The summed E-state index contributed by atoms with van der Waals surface area (Å²) in [7, 11) is 0. The Bertz CT molecular complexity index is 696.